The number of nitrogens with one attached hydrogen (secondary N) is 1. The van der Waals surface area contributed by atoms with Gasteiger partial charge in [-0.3, -0.25) is 9.52 Å². The van der Waals surface area contributed by atoms with Gasteiger partial charge >= 0.3 is 0 Å². The molecule has 7 heteroatoms. The number of aromatic hydroxyl groups is 1. The highest BCUT2D eigenvalue weighted by molar-refractivity contribution is 7.92. The summed E-state index contributed by atoms with van der Waals surface area (Å²) in [6, 6.07) is 9.34. The molecule has 0 amide bonds. The highest BCUT2D eigenvalue weighted by Crippen LogP contribution is 2.26. The van der Waals surface area contributed by atoms with Crippen LogP contribution in [0.25, 0.3) is 0 Å². The molecule has 2 aromatic carbocycles. The van der Waals surface area contributed by atoms with Crippen LogP contribution >= 0.6 is 0 Å². The first-order valence-corrected chi connectivity index (χ1v) is 6.98. The van der Waals surface area contributed by atoms with E-state index in [4.69, 9.17) is 0 Å². The van der Waals surface area contributed by atoms with Gasteiger partial charge in [0.1, 0.15) is 0 Å². The fraction of sp³-hybridized carbons (Fsp3) is 0. The van der Waals surface area contributed by atoms with E-state index in [9.17, 15) is 22.7 Å². The van der Waals surface area contributed by atoms with Crippen LogP contribution in [-0.2, 0) is 10.0 Å². The molecular weight excluding hydrogens is 285 g/mol. The van der Waals surface area contributed by atoms with E-state index in [0.29, 0.717) is 0 Å². The molecule has 0 saturated heterocycles. The molecule has 0 unspecified atom stereocenters. The maximum absolute atomic E-state index is 13.4. The summed E-state index contributed by atoms with van der Waals surface area (Å²) >= 11 is 0. The zero-order valence-electron chi connectivity index (χ0n) is 10.1. The van der Waals surface area contributed by atoms with Crippen LogP contribution in [0.15, 0.2) is 47.4 Å². The molecule has 0 bridgehead atoms. The van der Waals surface area contributed by atoms with Crippen LogP contribution in [0.4, 0.5) is 10.1 Å². The smallest absolute Gasteiger partial charge is 0.261 e. The summed E-state index contributed by atoms with van der Waals surface area (Å²) in [6.07, 6.45) is 0.235. The van der Waals surface area contributed by atoms with E-state index in [0.717, 1.165) is 12.1 Å². The molecule has 0 heterocycles. The number of halogens is 1. The molecule has 104 valence electrons. The van der Waals surface area contributed by atoms with Crippen molar-refractivity contribution in [2.45, 2.75) is 4.90 Å². The number of benzene rings is 2. The zero-order chi connectivity index (χ0) is 14.8. The standard InChI is InChI=1S/C13H10FNO4S/c14-12-7-10(6-9(8-16)13(12)17)15-20(18,19)11-4-2-1-3-5-11/h1-8,15,17H. The lowest BCUT2D eigenvalue weighted by molar-refractivity contribution is 0.112. The Morgan fingerprint density at radius 1 is 1.15 bits per heavy atom. The molecular formula is C13H10FNO4S. The van der Waals surface area contributed by atoms with Gasteiger partial charge in [-0.05, 0) is 18.2 Å². The third-order valence-electron chi connectivity index (χ3n) is 2.53. The number of sulfonamides is 1. The van der Waals surface area contributed by atoms with Gasteiger partial charge in [-0.1, -0.05) is 18.2 Å². The molecule has 5 nitrogen and oxygen atoms in total. The van der Waals surface area contributed by atoms with Crippen molar-refractivity contribution >= 4 is 22.0 Å². The minimum atomic E-state index is -3.88. The predicted molar refractivity (Wildman–Crippen MR) is 70.7 cm³/mol. The lowest BCUT2D eigenvalue weighted by Gasteiger charge is -2.09. The molecule has 0 saturated carbocycles. The minimum absolute atomic E-state index is 0.00105. The largest absolute Gasteiger partial charge is 0.504 e. The second kappa shape index (κ2) is 5.30. The number of phenolic OH excluding ortho intramolecular Hbond substituents is 1. The Morgan fingerprint density at radius 2 is 1.80 bits per heavy atom. The van der Waals surface area contributed by atoms with Crippen molar-refractivity contribution in [3.8, 4) is 5.75 Å². The van der Waals surface area contributed by atoms with Crippen LogP contribution in [0, 0.1) is 5.82 Å². The molecule has 0 aliphatic rings. The summed E-state index contributed by atoms with van der Waals surface area (Å²) in [5, 5.41) is 9.25. The summed E-state index contributed by atoms with van der Waals surface area (Å²) in [4.78, 5) is 10.7. The van der Waals surface area contributed by atoms with Crippen LogP contribution < -0.4 is 4.72 Å². The van der Waals surface area contributed by atoms with E-state index in [1.54, 1.807) is 18.2 Å². The van der Waals surface area contributed by atoms with Gasteiger partial charge in [-0.25, -0.2) is 12.8 Å². The predicted octanol–water partition coefficient (Wildman–Crippen LogP) is 2.14. The summed E-state index contributed by atoms with van der Waals surface area (Å²) in [5.41, 5.74) is -0.484. The summed E-state index contributed by atoms with van der Waals surface area (Å²) in [6.45, 7) is 0. The van der Waals surface area contributed by atoms with Crippen LogP contribution in [0.5, 0.6) is 5.75 Å². The SMILES string of the molecule is O=Cc1cc(NS(=O)(=O)c2ccccc2)cc(F)c1O. The van der Waals surface area contributed by atoms with Crippen molar-refractivity contribution in [2.75, 3.05) is 4.72 Å². The normalized spacial score (nSPS) is 11.1. The Hall–Kier alpha value is -2.41. The Balaban J connectivity index is 2.40. The monoisotopic (exact) mass is 295 g/mol. The van der Waals surface area contributed by atoms with Gasteiger partial charge in [0.2, 0.25) is 0 Å². The third kappa shape index (κ3) is 2.77. The number of carbonyl (C=O) groups is 1. The molecule has 0 aromatic heterocycles. The van der Waals surface area contributed by atoms with Gasteiger partial charge in [-0.2, -0.15) is 0 Å². The average Bonchev–Trinajstić information content (AvgIpc) is 2.43. The van der Waals surface area contributed by atoms with Gasteiger partial charge < -0.3 is 5.11 Å². The van der Waals surface area contributed by atoms with Gasteiger partial charge in [0.15, 0.2) is 17.9 Å². The molecule has 2 N–H and O–H groups in total. The maximum atomic E-state index is 13.4. The Bertz CT molecular complexity index is 744. The van der Waals surface area contributed by atoms with Crippen LogP contribution in [-0.4, -0.2) is 19.8 Å². The number of anilines is 1. The van der Waals surface area contributed by atoms with Crippen LogP contribution in [0.3, 0.4) is 0 Å². The van der Waals surface area contributed by atoms with Crippen molar-refractivity contribution in [3.63, 3.8) is 0 Å². The molecule has 0 aliphatic heterocycles. The number of aldehydes is 1. The van der Waals surface area contributed by atoms with Crippen molar-refractivity contribution < 1.29 is 22.7 Å². The topological polar surface area (TPSA) is 83.5 Å². The van der Waals surface area contributed by atoms with Gasteiger partial charge in [0.25, 0.3) is 10.0 Å². The number of rotatable bonds is 4. The molecule has 0 spiro atoms. The van der Waals surface area contributed by atoms with Crippen molar-refractivity contribution in [1.82, 2.24) is 0 Å². The van der Waals surface area contributed by atoms with E-state index in [-0.39, 0.29) is 22.4 Å². The highest BCUT2D eigenvalue weighted by atomic mass is 32.2. The van der Waals surface area contributed by atoms with E-state index < -0.39 is 21.6 Å². The molecule has 0 atom stereocenters. The quantitative estimate of drug-likeness (QED) is 0.668. The molecule has 2 aromatic rings. The van der Waals surface area contributed by atoms with E-state index >= 15 is 0 Å². The van der Waals surface area contributed by atoms with Crippen LogP contribution in [0.2, 0.25) is 0 Å². The molecule has 0 fully saturated rings. The summed E-state index contributed by atoms with van der Waals surface area (Å²) in [5.74, 6) is -1.90. The Labute approximate surface area is 114 Å². The van der Waals surface area contributed by atoms with Gasteiger partial charge in [0.05, 0.1) is 16.1 Å². The summed E-state index contributed by atoms with van der Waals surface area (Å²) in [7, 11) is -3.88. The number of phenols is 1. The van der Waals surface area contributed by atoms with Crippen LogP contribution in [0.1, 0.15) is 10.4 Å². The van der Waals surface area contributed by atoms with Crippen molar-refractivity contribution in [2.24, 2.45) is 0 Å². The average molecular weight is 295 g/mol. The minimum Gasteiger partial charge on any atom is -0.504 e. The third-order valence-corrected chi connectivity index (χ3v) is 3.92. The molecule has 20 heavy (non-hydrogen) atoms. The number of hydrogen-bond donors (Lipinski definition) is 2. The first-order valence-electron chi connectivity index (χ1n) is 5.49. The van der Waals surface area contributed by atoms with E-state index in [1.165, 1.54) is 12.1 Å². The second-order valence-electron chi connectivity index (χ2n) is 3.93. The first kappa shape index (κ1) is 14.0. The van der Waals surface area contributed by atoms with Gasteiger partial charge in [0, 0.05) is 6.07 Å². The first-order chi connectivity index (χ1) is 9.44. The van der Waals surface area contributed by atoms with Crippen molar-refractivity contribution in [3.05, 3.63) is 53.8 Å². The van der Waals surface area contributed by atoms with E-state index in [1.807, 2.05) is 0 Å². The molecule has 2 rings (SSSR count). The zero-order valence-corrected chi connectivity index (χ0v) is 10.9. The molecule has 0 radical (unpaired) electrons. The van der Waals surface area contributed by atoms with Crippen molar-refractivity contribution in [1.29, 1.82) is 0 Å². The second-order valence-corrected chi connectivity index (χ2v) is 5.61. The number of carbonyl (C=O) groups excluding carboxylic acids is 1. The Morgan fingerprint density at radius 3 is 2.40 bits per heavy atom. The fourth-order valence-electron chi connectivity index (χ4n) is 1.58. The molecule has 0 aliphatic carbocycles. The lowest BCUT2D eigenvalue weighted by Crippen LogP contribution is -2.13. The highest BCUT2D eigenvalue weighted by Gasteiger charge is 2.16. The maximum Gasteiger partial charge on any atom is 0.261 e. The Kier molecular flexibility index (Phi) is 3.71. The fourth-order valence-corrected chi connectivity index (χ4v) is 2.64. The summed E-state index contributed by atoms with van der Waals surface area (Å²) < 4.78 is 39.5. The van der Waals surface area contributed by atoms with Gasteiger partial charge in [-0.15, -0.1) is 0 Å². The number of hydrogen-bond acceptors (Lipinski definition) is 4. The lowest BCUT2D eigenvalue weighted by atomic mass is 10.2. The van der Waals surface area contributed by atoms with E-state index in [2.05, 4.69) is 4.72 Å².